The Morgan fingerprint density at radius 1 is 1.58 bits per heavy atom. The number of hydrogen-bond donors (Lipinski definition) is 1. The van der Waals surface area contributed by atoms with Gasteiger partial charge < -0.3 is 5.73 Å². The molecule has 0 radical (unpaired) electrons. The molecule has 0 aliphatic heterocycles. The van der Waals surface area contributed by atoms with Gasteiger partial charge in [-0.2, -0.15) is 0 Å². The second-order valence-electron chi connectivity index (χ2n) is 2.58. The highest BCUT2D eigenvalue weighted by molar-refractivity contribution is 5.32. The molecular weight excluding hydrogens is 159 g/mol. The molecule has 4 nitrogen and oxygen atoms in total. The fourth-order valence-electron chi connectivity index (χ4n) is 1.10. The van der Waals surface area contributed by atoms with Gasteiger partial charge >= 0.3 is 0 Å². The molecular formula is C7H13FN4. The molecule has 0 aliphatic carbocycles. The van der Waals surface area contributed by atoms with Crippen LogP contribution in [0.15, 0.2) is 0 Å². The van der Waals surface area contributed by atoms with Gasteiger partial charge in [0.15, 0.2) is 5.82 Å². The van der Waals surface area contributed by atoms with Gasteiger partial charge in [0, 0.05) is 0 Å². The Kier molecular flexibility index (Phi) is 3.01. The Hall–Kier alpha value is -1.13. The standard InChI is InChI=1S/C7H13FN4/c1-2-3-6-7(9)10-11-12(6)5-4-8/h2-5,9H2,1H3. The number of halogens is 1. The van der Waals surface area contributed by atoms with Crippen molar-refractivity contribution >= 4 is 5.82 Å². The molecule has 12 heavy (non-hydrogen) atoms. The lowest BCUT2D eigenvalue weighted by molar-refractivity contribution is 0.414. The Morgan fingerprint density at radius 3 is 2.92 bits per heavy atom. The maximum absolute atomic E-state index is 12.0. The number of hydrogen-bond acceptors (Lipinski definition) is 3. The maximum atomic E-state index is 12.0. The van der Waals surface area contributed by atoms with Gasteiger partial charge in [0.25, 0.3) is 0 Å². The number of aromatic nitrogens is 3. The summed E-state index contributed by atoms with van der Waals surface area (Å²) in [6.07, 6.45) is 1.77. The van der Waals surface area contributed by atoms with Gasteiger partial charge in [-0.05, 0) is 6.42 Å². The average molecular weight is 172 g/mol. The summed E-state index contributed by atoms with van der Waals surface area (Å²) in [7, 11) is 0. The molecule has 5 heteroatoms. The van der Waals surface area contributed by atoms with Crippen LogP contribution in [0, 0.1) is 0 Å². The summed E-state index contributed by atoms with van der Waals surface area (Å²) in [5.74, 6) is 0.422. The zero-order valence-electron chi connectivity index (χ0n) is 7.13. The van der Waals surface area contributed by atoms with Crippen LogP contribution >= 0.6 is 0 Å². The molecule has 2 N–H and O–H groups in total. The van der Waals surface area contributed by atoms with Crippen LogP contribution in [0.1, 0.15) is 19.0 Å². The van der Waals surface area contributed by atoms with Crippen molar-refractivity contribution in [3.8, 4) is 0 Å². The molecule has 1 heterocycles. The second-order valence-corrected chi connectivity index (χ2v) is 2.58. The third-order valence-corrected chi connectivity index (χ3v) is 1.65. The largest absolute Gasteiger partial charge is 0.381 e. The highest BCUT2D eigenvalue weighted by atomic mass is 19.1. The lowest BCUT2D eigenvalue weighted by Crippen LogP contribution is -2.07. The number of nitrogen functional groups attached to an aromatic ring is 1. The van der Waals surface area contributed by atoms with E-state index in [-0.39, 0.29) is 6.54 Å². The molecule has 0 fully saturated rings. The van der Waals surface area contributed by atoms with Crippen LogP contribution in [0.5, 0.6) is 0 Å². The molecule has 1 aromatic rings. The van der Waals surface area contributed by atoms with Gasteiger partial charge in [0.05, 0.1) is 12.2 Å². The average Bonchev–Trinajstić information content (AvgIpc) is 2.37. The van der Waals surface area contributed by atoms with E-state index in [1.54, 1.807) is 0 Å². The first-order valence-corrected chi connectivity index (χ1v) is 4.03. The van der Waals surface area contributed by atoms with E-state index < -0.39 is 6.67 Å². The number of alkyl halides is 1. The lowest BCUT2D eigenvalue weighted by Gasteiger charge is -2.01. The number of anilines is 1. The second kappa shape index (κ2) is 4.04. The molecule has 0 saturated carbocycles. The van der Waals surface area contributed by atoms with Crippen LogP contribution in [0.3, 0.4) is 0 Å². The van der Waals surface area contributed by atoms with Gasteiger partial charge in [-0.1, -0.05) is 18.6 Å². The maximum Gasteiger partial charge on any atom is 0.169 e. The first kappa shape index (κ1) is 8.96. The summed E-state index contributed by atoms with van der Waals surface area (Å²) in [6, 6.07) is 0. The van der Waals surface area contributed by atoms with E-state index in [0.717, 1.165) is 18.5 Å². The summed E-state index contributed by atoms with van der Waals surface area (Å²) < 4.78 is 13.5. The van der Waals surface area contributed by atoms with E-state index in [0.29, 0.717) is 5.82 Å². The minimum Gasteiger partial charge on any atom is -0.381 e. The van der Waals surface area contributed by atoms with Gasteiger partial charge in [-0.25, -0.2) is 9.07 Å². The van der Waals surface area contributed by atoms with Crippen LogP contribution < -0.4 is 5.73 Å². The zero-order valence-corrected chi connectivity index (χ0v) is 7.13. The molecule has 0 aliphatic rings. The quantitative estimate of drug-likeness (QED) is 0.730. The van der Waals surface area contributed by atoms with Crippen molar-refractivity contribution in [1.82, 2.24) is 15.0 Å². The van der Waals surface area contributed by atoms with Crippen molar-refractivity contribution in [2.24, 2.45) is 0 Å². The fraction of sp³-hybridized carbons (Fsp3) is 0.714. The number of aryl methyl sites for hydroxylation is 1. The SMILES string of the molecule is CCCc1c(N)nnn1CCF. The van der Waals surface area contributed by atoms with Crippen molar-refractivity contribution in [1.29, 1.82) is 0 Å². The number of nitrogens with two attached hydrogens (primary N) is 1. The normalized spacial score (nSPS) is 10.5. The van der Waals surface area contributed by atoms with Crippen molar-refractivity contribution in [2.75, 3.05) is 12.4 Å². The Bertz CT molecular complexity index is 246. The number of rotatable bonds is 4. The lowest BCUT2D eigenvalue weighted by atomic mass is 10.2. The van der Waals surface area contributed by atoms with Crippen molar-refractivity contribution in [3.63, 3.8) is 0 Å². The molecule has 0 unspecified atom stereocenters. The summed E-state index contributed by atoms with van der Waals surface area (Å²) in [4.78, 5) is 0. The summed E-state index contributed by atoms with van der Waals surface area (Å²) >= 11 is 0. The summed E-state index contributed by atoms with van der Waals surface area (Å²) in [5.41, 5.74) is 6.38. The predicted molar refractivity (Wildman–Crippen MR) is 44.4 cm³/mol. The van der Waals surface area contributed by atoms with Gasteiger partial charge in [-0.3, -0.25) is 0 Å². The van der Waals surface area contributed by atoms with Crippen molar-refractivity contribution < 1.29 is 4.39 Å². The van der Waals surface area contributed by atoms with Crippen molar-refractivity contribution in [2.45, 2.75) is 26.3 Å². The molecule has 0 spiro atoms. The van der Waals surface area contributed by atoms with Crippen LogP contribution in [0.25, 0.3) is 0 Å². The Morgan fingerprint density at radius 2 is 2.33 bits per heavy atom. The van der Waals surface area contributed by atoms with E-state index in [4.69, 9.17) is 5.73 Å². The molecule has 0 bridgehead atoms. The van der Waals surface area contributed by atoms with Gasteiger partial charge in [0.1, 0.15) is 6.67 Å². The third kappa shape index (κ3) is 1.72. The molecule has 0 saturated heterocycles. The molecule has 1 rings (SSSR count). The van der Waals surface area contributed by atoms with Gasteiger partial charge in [0.2, 0.25) is 0 Å². The third-order valence-electron chi connectivity index (χ3n) is 1.65. The van der Waals surface area contributed by atoms with Crippen LogP contribution in [0.4, 0.5) is 10.2 Å². The molecule has 1 aromatic heterocycles. The minimum absolute atomic E-state index is 0.250. The highest BCUT2D eigenvalue weighted by Gasteiger charge is 2.07. The van der Waals surface area contributed by atoms with Crippen LogP contribution in [-0.4, -0.2) is 21.7 Å². The first-order valence-electron chi connectivity index (χ1n) is 4.03. The first-order chi connectivity index (χ1) is 5.79. The predicted octanol–water partition coefficient (Wildman–Crippen LogP) is 0.782. The van der Waals surface area contributed by atoms with Gasteiger partial charge in [-0.15, -0.1) is 5.10 Å². The molecule has 0 amide bonds. The fourth-order valence-corrected chi connectivity index (χ4v) is 1.10. The summed E-state index contributed by atoms with van der Waals surface area (Å²) in [6.45, 7) is 1.85. The topological polar surface area (TPSA) is 56.7 Å². The molecule has 0 atom stereocenters. The highest BCUT2D eigenvalue weighted by Crippen LogP contribution is 2.09. The van der Waals surface area contributed by atoms with E-state index in [2.05, 4.69) is 10.3 Å². The number of nitrogens with zero attached hydrogens (tertiary/aromatic N) is 3. The Labute approximate surface area is 70.6 Å². The smallest absolute Gasteiger partial charge is 0.169 e. The van der Waals surface area contributed by atoms with Crippen molar-refractivity contribution in [3.05, 3.63) is 5.69 Å². The summed E-state index contributed by atoms with van der Waals surface area (Å²) in [5, 5.41) is 7.40. The van der Waals surface area contributed by atoms with Crippen LogP contribution in [-0.2, 0) is 13.0 Å². The molecule has 68 valence electrons. The van der Waals surface area contributed by atoms with E-state index >= 15 is 0 Å². The van der Waals surface area contributed by atoms with E-state index in [9.17, 15) is 4.39 Å². The minimum atomic E-state index is -0.431. The molecule has 0 aromatic carbocycles. The Balaban J connectivity index is 2.80. The van der Waals surface area contributed by atoms with Crippen LogP contribution in [0.2, 0.25) is 0 Å². The van der Waals surface area contributed by atoms with E-state index in [1.807, 2.05) is 6.92 Å². The van der Waals surface area contributed by atoms with E-state index in [1.165, 1.54) is 4.68 Å². The monoisotopic (exact) mass is 172 g/mol. The zero-order chi connectivity index (χ0) is 8.97.